The van der Waals surface area contributed by atoms with Gasteiger partial charge in [0.05, 0.1) is 16.7 Å². The molecule has 9 heteroatoms. The summed E-state index contributed by atoms with van der Waals surface area (Å²) in [6.07, 6.45) is 1.49. The summed E-state index contributed by atoms with van der Waals surface area (Å²) in [7, 11) is -3.42. The van der Waals surface area contributed by atoms with E-state index in [4.69, 9.17) is 21.6 Å². The number of hydrogen-bond donors (Lipinski definition) is 0. The predicted molar refractivity (Wildman–Crippen MR) is 101 cm³/mol. The highest BCUT2D eigenvalue weighted by Gasteiger charge is 2.47. The van der Waals surface area contributed by atoms with Gasteiger partial charge in [-0.05, 0) is 31.0 Å². The van der Waals surface area contributed by atoms with E-state index in [1.54, 1.807) is 17.0 Å². The average molecular weight is 410 g/mol. The van der Waals surface area contributed by atoms with Crippen molar-refractivity contribution < 1.29 is 17.9 Å². The Balaban J connectivity index is 1.57. The van der Waals surface area contributed by atoms with Gasteiger partial charge in [-0.15, -0.1) is 0 Å². The number of carbonyl (C=O) groups excluding carboxylic acids is 1. The van der Waals surface area contributed by atoms with Crippen molar-refractivity contribution in [3.05, 3.63) is 40.8 Å². The zero-order valence-electron chi connectivity index (χ0n) is 14.7. The van der Waals surface area contributed by atoms with Crippen LogP contribution in [-0.2, 0) is 14.8 Å². The number of hydrogen-bond acceptors (Lipinski definition) is 5. The molecule has 1 atom stereocenters. The van der Waals surface area contributed by atoms with Crippen LogP contribution in [0, 0.1) is 16.7 Å². The molecule has 0 aromatic heterocycles. The highest BCUT2D eigenvalue weighted by atomic mass is 35.5. The maximum Gasteiger partial charge on any atom is 0.260 e. The van der Waals surface area contributed by atoms with Gasteiger partial charge in [-0.2, -0.15) is 9.57 Å². The molecule has 1 spiro atoms. The summed E-state index contributed by atoms with van der Waals surface area (Å²) in [5, 5.41) is 10.1. The number of nitrogens with zero attached hydrogens (tertiary/aromatic N) is 3. The van der Waals surface area contributed by atoms with Gasteiger partial charge in [-0.25, -0.2) is 8.42 Å². The molecule has 1 aromatic carbocycles. The minimum Gasteiger partial charge on any atom is -0.482 e. The van der Waals surface area contributed by atoms with Gasteiger partial charge < -0.3 is 9.64 Å². The van der Waals surface area contributed by atoms with E-state index in [2.05, 4.69) is 6.58 Å². The molecule has 0 aliphatic carbocycles. The first-order chi connectivity index (χ1) is 12.8. The van der Waals surface area contributed by atoms with Crippen molar-refractivity contribution in [2.24, 2.45) is 5.41 Å². The molecule has 2 fully saturated rings. The molecule has 144 valence electrons. The number of ether oxygens (including phenoxy) is 1. The SMILES string of the molecule is C=CS(=O)(=O)N1CCC2(CCN(C(=O)COc3ccc(C#N)cc3Cl)C2)C1. The molecule has 0 saturated carbocycles. The molecule has 0 radical (unpaired) electrons. The first-order valence-corrected chi connectivity index (χ1v) is 10.4. The molecule has 3 rings (SSSR count). The molecule has 1 aromatic rings. The highest BCUT2D eigenvalue weighted by Crippen LogP contribution is 2.40. The Morgan fingerprint density at radius 3 is 2.78 bits per heavy atom. The number of halogens is 1. The number of benzene rings is 1. The number of nitriles is 1. The summed E-state index contributed by atoms with van der Waals surface area (Å²) in [6.45, 7) is 5.16. The monoisotopic (exact) mass is 409 g/mol. The van der Waals surface area contributed by atoms with Crippen molar-refractivity contribution in [2.75, 3.05) is 32.8 Å². The van der Waals surface area contributed by atoms with E-state index in [9.17, 15) is 13.2 Å². The van der Waals surface area contributed by atoms with Crippen LogP contribution in [0.15, 0.2) is 30.2 Å². The number of carbonyl (C=O) groups is 1. The maximum atomic E-state index is 12.5. The van der Waals surface area contributed by atoms with Crippen LogP contribution in [0.4, 0.5) is 0 Å². The van der Waals surface area contributed by atoms with Gasteiger partial charge in [0.1, 0.15) is 5.75 Å². The molecule has 1 unspecified atom stereocenters. The molecule has 2 heterocycles. The van der Waals surface area contributed by atoms with Crippen molar-refractivity contribution in [1.29, 1.82) is 5.26 Å². The van der Waals surface area contributed by atoms with E-state index in [1.807, 2.05) is 6.07 Å². The van der Waals surface area contributed by atoms with Gasteiger partial charge in [0.25, 0.3) is 5.91 Å². The lowest BCUT2D eigenvalue weighted by molar-refractivity contribution is -0.132. The molecule has 0 N–H and O–H groups in total. The molecular formula is C18H20ClN3O4S. The average Bonchev–Trinajstić information content (AvgIpc) is 3.28. The Kier molecular flexibility index (Phi) is 5.47. The van der Waals surface area contributed by atoms with Crippen LogP contribution in [-0.4, -0.2) is 56.3 Å². The third-order valence-corrected chi connectivity index (χ3v) is 6.93. The molecule has 27 heavy (non-hydrogen) atoms. The predicted octanol–water partition coefficient (Wildman–Crippen LogP) is 1.99. The zero-order valence-corrected chi connectivity index (χ0v) is 16.3. The molecule has 2 aliphatic rings. The topological polar surface area (TPSA) is 90.7 Å². The summed E-state index contributed by atoms with van der Waals surface area (Å²) < 4.78 is 30.9. The van der Waals surface area contributed by atoms with Crippen molar-refractivity contribution in [1.82, 2.24) is 9.21 Å². The fraction of sp³-hybridized carbons (Fsp3) is 0.444. The quantitative estimate of drug-likeness (QED) is 0.741. The van der Waals surface area contributed by atoms with E-state index in [-0.39, 0.29) is 23.0 Å². The number of rotatable bonds is 5. The van der Waals surface area contributed by atoms with Gasteiger partial charge in [0.15, 0.2) is 6.61 Å². The van der Waals surface area contributed by atoms with Gasteiger partial charge in [-0.1, -0.05) is 18.2 Å². The largest absolute Gasteiger partial charge is 0.482 e. The fourth-order valence-corrected chi connectivity index (χ4v) is 4.86. The second-order valence-corrected chi connectivity index (χ2v) is 9.19. The molecule has 2 aliphatic heterocycles. The Morgan fingerprint density at radius 2 is 2.11 bits per heavy atom. The molecule has 0 bridgehead atoms. The van der Waals surface area contributed by atoms with Crippen molar-refractivity contribution in [3.63, 3.8) is 0 Å². The fourth-order valence-electron chi connectivity index (χ4n) is 3.62. The first-order valence-electron chi connectivity index (χ1n) is 8.51. The maximum absolute atomic E-state index is 12.5. The van der Waals surface area contributed by atoms with Gasteiger partial charge in [-0.3, -0.25) is 4.79 Å². The second-order valence-electron chi connectivity index (χ2n) is 6.91. The molecular weight excluding hydrogens is 390 g/mol. The van der Waals surface area contributed by atoms with Crippen LogP contribution < -0.4 is 4.74 Å². The van der Waals surface area contributed by atoms with E-state index < -0.39 is 10.0 Å². The summed E-state index contributed by atoms with van der Waals surface area (Å²) >= 11 is 6.05. The second kappa shape index (κ2) is 7.50. The van der Waals surface area contributed by atoms with Gasteiger partial charge in [0.2, 0.25) is 10.0 Å². The minimum atomic E-state index is -3.42. The van der Waals surface area contributed by atoms with Crippen LogP contribution in [0.5, 0.6) is 5.75 Å². The van der Waals surface area contributed by atoms with E-state index in [0.717, 1.165) is 18.2 Å². The number of likely N-dealkylation sites (tertiary alicyclic amines) is 1. The Hall–Kier alpha value is -2.08. The normalized spacial score (nSPS) is 22.7. The number of amides is 1. The van der Waals surface area contributed by atoms with Crippen LogP contribution in [0.3, 0.4) is 0 Å². The van der Waals surface area contributed by atoms with E-state index in [1.165, 1.54) is 10.4 Å². The lowest BCUT2D eigenvalue weighted by atomic mass is 9.87. The lowest BCUT2D eigenvalue weighted by Gasteiger charge is -2.24. The van der Waals surface area contributed by atoms with Crippen LogP contribution >= 0.6 is 11.6 Å². The Morgan fingerprint density at radius 1 is 1.37 bits per heavy atom. The van der Waals surface area contributed by atoms with Gasteiger partial charge in [0, 0.05) is 37.0 Å². The summed E-state index contributed by atoms with van der Waals surface area (Å²) in [4.78, 5) is 14.2. The Labute approximate surface area is 163 Å². The van der Waals surface area contributed by atoms with Crippen LogP contribution in [0.2, 0.25) is 5.02 Å². The third kappa shape index (κ3) is 4.10. The Bertz CT molecular complexity index is 912. The van der Waals surface area contributed by atoms with Crippen LogP contribution in [0.25, 0.3) is 0 Å². The van der Waals surface area contributed by atoms with E-state index in [0.29, 0.717) is 37.5 Å². The third-order valence-electron chi connectivity index (χ3n) is 5.18. The van der Waals surface area contributed by atoms with Crippen molar-refractivity contribution in [3.8, 4) is 11.8 Å². The highest BCUT2D eigenvalue weighted by molar-refractivity contribution is 7.92. The standard InChI is InChI=1S/C18H20ClN3O4S/c1-2-27(24,25)22-8-6-18(13-22)5-7-21(12-18)17(23)11-26-16-4-3-14(10-20)9-15(16)19/h2-4,9H,1,5-8,11-13H2. The minimum absolute atomic E-state index is 0.156. The first kappa shape index (κ1) is 19.7. The zero-order chi connectivity index (χ0) is 19.7. The van der Waals surface area contributed by atoms with E-state index >= 15 is 0 Å². The summed E-state index contributed by atoms with van der Waals surface area (Å²) in [6, 6.07) is 6.61. The van der Waals surface area contributed by atoms with Crippen molar-refractivity contribution >= 4 is 27.5 Å². The van der Waals surface area contributed by atoms with Crippen LogP contribution in [0.1, 0.15) is 18.4 Å². The molecule has 1 amide bonds. The summed E-state index contributed by atoms with van der Waals surface area (Å²) in [5.41, 5.74) is 0.220. The van der Waals surface area contributed by atoms with Crippen molar-refractivity contribution in [2.45, 2.75) is 12.8 Å². The molecule has 7 nitrogen and oxygen atoms in total. The van der Waals surface area contributed by atoms with Gasteiger partial charge >= 0.3 is 0 Å². The smallest absolute Gasteiger partial charge is 0.260 e. The number of sulfonamides is 1. The summed E-state index contributed by atoms with van der Waals surface area (Å²) in [5.74, 6) is 0.180. The molecule has 2 saturated heterocycles. The lowest BCUT2D eigenvalue weighted by Crippen LogP contribution is -2.37.